The Balaban J connectivity index is 2.92. The largest absolute Gasteiger partial charge is 0.460 e. The van der Waals surface area contributed by atoms with Gasteiger partial charge in [-0.15, -0.1) is 6.58 Å². The summed E-state index contributed by atoms with van der Waals surface area (Å²) in [7, 11) is 0. The zero-order valence-electron chi connectivity index (χ0n) is 20.0. The molecule has 172 valence electrons. The summed E-state index contributed by atoms with van der Waals surface area (Å²) in [5, 5.41) is 5.85. The minimum Gasteiger partial charge on any atom is -0.460 e. The number of carbonyl (C=O) groups is 3. The molecule has 1 aromatic carbocycles. The van der Waals surface area contributed by atoms with Gasteiger partial charge in [-0.3, -0.25) is 14.4 Å². The van der Waals surface area contributed by atoms with Crippen molar-refractivity contribution in [1.82, 2.24) is 10.6 Å². The summed E-state index contributed by atoms with van der Waals surface area (Å²) in [6, 6.07) is 8.65. The highest BCUT2D eigenvalue weighted by Crippen LogP contribution is 2.23. The number of hydrogen-bond acceptors (Lipinski definition) is 4. The second-order valence-electron chi connectivity index (χ2n) is 9.96. The van der Waals surface area contributed by atoms with E-state index in [1.54, 1.807) is 26.8 Å². The molecule has 0 aliphatic carbocycles. The van der Waals surface area contributed by atoms with E-state index in [-0.39, 0.29) is 24.3 Å². The van der Waals surface area contributed by atoms with Crippen LogP contribution in [0.1, 0.15) is 72.9 Å². The molecular formula is C25H38N2O4. The van der Waals surface area contributed by atoms with Crippen LogP contribution in [0.5, 0.6) is 0 Å². The van der Waals surface area contributed by atoms with Gasteiger partial charge in [-0.05, 0) is 45.1 Å². The van der Waals surface area contributed by atoms with E-state index < -0.39 is 28.9 Å². The van der Waals surface area contributed by atoms with Gasteiger partial charge in [-0.2, -0.15) is 0 Å². The Bertz CT molecular complexity index is 760. The molecule has 1 rings (SSSR count). The lowest BCUT2D eigenvalue weighted by atomic mass is 9.85. The molecule has 31 heavy (non-hydrogen) atoms. The lowest BCUT2D eigenvalue weighted by Gasteiger charge is -2.32. The smallest absolute Gasteiger partial charge is 0.307 e. The van der Waals surface area contributed by atoms with Crippen molar-refractivity contribution in [2.75, 3.05) is 0 Å². The van der Waals surface area contributed by atoms with Crippen LogP contribution in [0, 0.1) is 11.3 Å². The third kappa shape index (κ3) is 9.37. The molecule has 2 amide bonds. The van der Waals surface area contributed by atoms with E-state index >= 15 is 0 Å². The summed E-state index contributed by atoms with van der Waals surface area (Å²) in [4.78, 5) is 38.3. The number of esters is 1. The zero-order valence-corrected chi connectivity index (χ0v) is 20.0. The maximum Gasteiger partial charge on any atom is 0.307 e. The van der Waals surface area contributed by atoms with Crippen molar-refractivity contribution >= 4 is 17.8 Å². The van der Waals surface area contributed by atoms with Gasteiger partial charge in [0.25, 0.3) is 0 Å². The molecule has 0 unspecified atom stereocenters. The second kappa shape index (κ2) is 11.1. The summed E-state index contributed by atoms with van der Waals surface area (Å²) in [5.74, 6) is -1.75. The van der Waals surface area contributed by atoms with Crippen LogP contribution in [0.25, 0.3) is 0 Å². The Morgan fingerprint density at radius 1 is 1.00 bits per heavy atom. The highest BCUT2D eigenvalue weighted by Gasteiger charge is 2.35. The molecule has 6 nitrogen and oxygen atoms in total. The third-order valence-corrected chi connectivity index (χ3v) is 4.73. The van der Waals surface area contributed by atoms with E-state index in [2.05, 4.69) is 17.2 Å². The SMILES string of the molecule is C=CC[C@H](CC(=O)OC(C)(C)C)C(=O)N[C@H](C(=O)N[C@H](C)c1ccccc1)C(C)(C)C. The summed E-state index contributed by atoms with van der Waals surface area (Å²) >= 11 is 0. The van der Waals surface area contributed by atoms with Crippen molar-refractivity contribution in [3.63, 3.8) is 0 Å². The number of allylic oxidation sites excluding steroid dienone is 1. The summed E-state index contributed by atoms with van der Waals surface area (Å²) in [6.07, 6.45) is 1.83. The van der Waals surface area contributed by atoms with E-state index in [1.165, 1.54) is 0 Å². The highest BCUT2D eigenvalue weighted by atomic mass is 16.6. The maximum atomic E-state index is 13.1. The molecule has 6 heteroatoms. The van der Waals surface area contributed by atoms with Crippen molar-refractivity contribution in [2.24, 2.45) is 11.3 Å². The van der Waals surface area contributed by atoms with Crippen LogP contribution in [-0.4, -0.2) is 29.4 Å². The van der Waals surface area contributed by atoms with Gasteiger partial charge >= 0.3 is 5.97 Å². The van der Waals surface area contributed by atoms with Crippen LogP contribution in [-0.2, 0) is 19.1 Å². The molecule has 0 aromatic heterocycles. The van der Waals surface area contributed by atoms with Gasteiger partial charge in [0, 0.05) is 0 Å². The number of carbonyl (C=O) groups excluding carboxylic acids is 3. The van der Waals surface area contributed by atoms with Crippen molar-refractivity contribution in [3.8, 4) is 0 Å². The van der Waals surface area contributed by atoms with Gasteiger partial charge in [0.15, 0.2) is 0 Å². The monoisotopic (exact) mass is 430 g/mol. The van der Waals surface area contributed by atoms with Crippen molar-refractivity contribution in [1.29, 1.82) is 0 Å². The molecule has 0 radical (unpaired) electrons. The second-order valence-corrected chi connectivity index (χ2v) is 9.96. The van der Waals surface area contributed by atoms with Gasteiger partial charge in [0.1, 0.15) is 11.6 Å². The normalized spacial score (nSPS) is 14.7. The molecule has 1 aromatic rings. The van der Waals surface area contributed by atoms with Crippen LogP contribution in [0.2, 0.25) is 0 Å². The molecule has 0 spiro atoms. The van der Waals surface area contributed by atoms with Gasteiger partial charge < -0.3 is 15.4 Å². The van der Waals surface area contributed by atoms with Crippen LogP contribution in [0.15, 0.2) is 43.0 Å². The van der Waals surface area contributed by atoms with Crippen LogP contribution in [0.3, 0.4) is 0 Å². The number of rotatable bonds is 9. The maximum absolute atomic E-state index is 13.1. The standard InChI is InChI=1S/C25H38N2O4/c1-9-13-19(16-20(28)31-25(6,7)8)22(29)27-21(24(3,4)5)23(30)26-17(2)18-14-11-10-12-15-18/h9-12,14-15,17,19,21H,1,13,16H2,2-8H3,(H,26,30)(H,27,29)/t17-,19-,21-/m1/s1. The molecule has 0 aliphatic heterocycles. The Morgan fingerprint density at radius 3 is 2.06 bits per heavy atom. The van der Waals surface area contributed by atoms with Gasteiger partial charge in [-0.25, -0.2) is 0 Å². The van der Waals surface area contributed by atoms with E-state index in [0.717, 1.165) is 5.56 Å². The van der Waals surface area contributed by atoms with Gasteiger partial charge in [0.2, 0.25) is 11.8 Å². The summed E-state index contributed by atoms with van der Waals surface area (Å²) in [6.45, 7) is 16.6. The van der Waals surface area contributed by atoms with Crippen LogP contribution < -0.4 is 10.6 Å². The fourth-order valence-corrected chi connectivity index (χ4v) is 3.13. The first-order chi connectivity index (χ1) is 14.2. The first-order valence-electron chi connectivity index (χ1n) is 10.7. The molecule has 0 heterocycles. The fourth-order valence-electron chi connectivity index (χ4n) is 3.13. The van der Waals surface area contributed by atoms with Crippen LogP contribution >= 0.6 is 0 Å². The van der Waals surface area contributed by atoms with E-state index in [9.17, 15) is 14.4 Å². The molecule has 0 saturated heterocycles. The molecule has 0 saturated carbocycles. The third-order valence-electron chi connectivity index (χ3n) is 4.73. The number of hydrogen-bond donors (Lipinski definition) is 2. The molecule has 2 N–H and O–H groups in total. The van der Waals surface area contributed by atoms with Gasteiger partial charge in [0.05, 0.1) is 18.4 Å². The summed E-state index contributed by atoms with van der Waals surface area (Å²) in [5.41, 5.74) is -0.182. The number of amides is 2. The fraction of sp³-hybridized carbons (Fsp3) is 0.560. The number of nitrogens with one attached hydrogen (secondary N) is 2. The first-order valence-corrected chi connectivity index (χ1v) is 10.7. The Kier molecular flexibility index (Phi) is 9.47. The molecule has 0 aliphatic rings. The van der Waals surface area contributed by atoms with E-state index in [1.807, 2.05) is 58.0 Å². The minimum absolute atomic E-state index is 0.0754. The average molecular weight is 431 g/mol. The Labute approximate surface area is 186 Å². The highest BCUT2D eigenvalue weighted by molar-refractivity contribution is 5.90. The van der Waals surface area contributed by atoms with Gasteiger partial charge in [-0.1, -0.05) is 57.2 Å². The van der Waals surface area contributed by atoms with E-state index in [4.69, 9.17) is 4.74 Å². The first kappa shape index (κ1) is 26.4. The molecule has 0 fully saturated rings. The number of ether oxygens (including phenoxy) is 1. The Morgan fingerprint density at radius 2 is 1.58 bits per heavy atom. The Hall–Kier alpha value is -2.63. The zero-order chi connectivity index (χ0) is 23.8. The topological polar surface area (TPSA) is 84.5 Å². The summed E-state index contributed by atoms with van der Waals surface area (Å²) < 4.78 is 5.35. The lowest BCUT2D eigenvalue weighted by Crippen LogP contribution is -2.55. The van der Waals surface area contributed by atoms with Crippen molar-refractivity contribution in [3.05, 3.63) is 48.6 Å². The lowest BCUT2D eigenvalue weighted by molar-refractivity contribution is -0.157. The average Bonchev–Trinajstić information content (AvgIpc) is 2.63. The molecule has 0 bridgehead atoms. The quantitative estimate of drug-likeness (QED) is 0.451. The molecule has 3 atom stereocenters. The molecular weight excluding hydrogens is 392 g/mol. The predicted octanol–water partition coefficient (Wildman–Crippen LogP) is 4.32. The minimum atomic E-state index is -0.767. The van der Waals surface area contributed by atoms with Crippen LogP contribution in [0.4, 0.5) is 0 Å². The van der Waals surface area contributed by atoms with E-state index in [0.29, 0.717) is 6.42 Å². The van der Waals surface area contributed by atoms with Crippen molar-refractivity contribution < 1.29 is 19.1 Å². The number of benzene rings is 1. The predicted molar refractivity (Wildman–Crippen MR) is 123 cm³/mol. The van der Waals surface area contributed by atoms with Crippen molar-refractivity contribution in [2.45, 2.75) is 79.0 Å².